The zero-order chi connectivity index (χ0) is 10.7. The molecule has 3 nitrogen and oxygen atoms in total. The van der Waals surface area contributed by atoms with E-state index in [2.05, 4.69) is 5.32 Å². The van der Waals surface area contributed by atoms with Gasteiger partial charge in [-0.15, -0.1) is 23.7 Å². The minimum absolute atomic E-state index is 0. The minimum atomic E-state index is -0.479. The smallest absolute Gasteiger partial charge is 0.237 e. The molecule has 1 aromatic rings. The van der Waals surface area contributed by atoms with E-state index in [0.717, 1.165) is 9.21 Å². The molecule has 0 aliphatic heterocycles. The van der Waals surface area contributed by atoms with E-state index in [1.54, 1.807) is 6.92 Å². The summed E-state index contributed by atoms with van der Waals surface area (Å²) < 4.78 is 0.724. The van der Waals surface area contributed by atoms with Gasteiger partial charge < -0.3 is 11.1 Å². The van der Waals surface area contributed by atoms with E-state index in [1.165, 1.54) is 11.3 Å². The Labute approximate surface area is 104 Å². The van der Waals surface area contributed by atoms with Crippen molar-refractivity contribution in [1.82, 2.24) is 5.32 Å². The van der Waals surface area contributed by atoms with Crippen LogP contribution in [0.3, 0.4) is 0 Å². The van der Waals surface area contributed by atoms with Gasteiger partial charge in [0, 0.05) is 4.88 Å². The molecule has 0 radical (unpaired) electrons. The fraction of sp³-hybridized carbons (Fsp3) is 0.444. The molecule has 0 aliphatic rings. The molecule has 2 unspecified atom stereocenters. The van der Waals surface area contributed by atoms with Crippen LogP contribution < -0.4 is 11.1 Å². The Balaban J connectivity index is 0.00000196. The van der Waals surface area contributed by atoms with Crippen molar-refractivity contribution >= 4 is 41.3 Å². The Bertz CT molecular complexity index is 328. The van der Waals surface area contributed by atoms with Crippen LogP contribution in [0.1, 0.15) is 24.8 Å². The van der Waals surface area contributed by atoms with E-state index in [1.807, 2.05) is 19.1 Å². The number of hydrogen-bond donors (Lipinski definition) is 2. The van der Waals surface area contributed by atoms with Gasteiger partial charge in [0.15, 0.2) is 0 Å². The highest BCUT2D eigenvalue weighted by atomic mass is 35.5. The maximum atomic E-state index is 11.3. The van der Waals surface area contributed by atoms with Crippen molar-refractivity contribution in [3.05, 3.63) is 21.3 Å². The lowest BCUT2D eigenvalue weighted by molar-refractivity contribution is -0.122. The second kappa shape index (κ2) is 6.33. The molecule has 0 spiro atoms. The minimum Gasteiger partial charge on any atom is -0.347 e. The van der Waals surface area contributed by atoms with Crippen LogP contribution in [0.15, 0.2) is 12.1 Å². The number of carbonyl (C=O) groups is 1. The molecule has 0 fully saturated rings. The predicted molar refractivity (Wildman–Crippen MR) is 66.8 cm³/mol. The van der Waals surface area contributed by atoms with Crippen molar-refractivity contribution in [2.75, 3.05) is 0 Å². The fourth-order valence-corrected chi connectivity index (χ4v) is 2.04. The number of amides is 1. The molecular formula is C9H14Cl2N2OS. The summed E-state index contributed by atoms with van der Waals surface area (Å²) in [5.41, 5.74) is 5.43. The van der Waals surface area contributed by atoms with Gasteiger partial charge in [0.05, 0.1) is 16.4 Å². The standard InChI is InChI=1S/C9H13ClN2OS.ClH/c1-5(11)9(13)12-6(2)7-3-4-8(10)14-7;/h3-6H,11H2,1-2H3,(H,12,13);1H. The van der Waals surface area contributed by atoms with Gasteiger partial charge in [-0.25, -0.2) is 0 Å². The zero-order valence-electron chi connectivity index (χ0n) is 8.49. The molecule has 2 atom stereocenters. The zero-order valence-corrected chi connectivity index (χ0v) is 10.9. The number of rotatable bonds is 3. The average molecular weight is 269 g/mol. The van der Waals surface area contributed by atoms with Gasteiger partial charge in [-0.3, -0.25) is 4.79 Å². The van der Waals surface area contributed by atoms with Crippen LogP contribution in [0.25, 0.3) is 0 Å². The normalized spacial score (nSPS) is 13.9. The number of thiophene rings is 1. The summed E-state index contributed by atoms with van der Waals surface area (Å²) in [5.74, 6) is -0.151. The van der Waals surface area contributed by atoms with Crippen molar-refractivity contribution in [2.24, 2.45) is 5.73 Å². The maximum Gasteiger partial charge on any atom is 0.237 e. The summed E-state index contributed by atoms with van der Waals surface area (Å²) in [6, 6.07) is 3.20. The predicted octanol–water partition coefficient (Wildman–Crippen LogP) is 2.35. The lowest BCUT2D eigenvalue weighted by Crippen LogP contribution is -2.39. The Morgan fingerprint density at radius 3 is 2.53 bits per heavy atom. The summed E-state index contributed by atoms with van der Waals surface area (Å²) in [5, 5.41) is 2.80. The van der Waals surface area contributed by atoms with Gasteiger partial charge in [-0.05, 0) is 26.0 Å². The molecule has 15 heavy (non-hydrogen) atoms. The third-order valence-electron chi connectivity index (χ3n) is 1.79. The quantitative estimate of drug-likeness (QED) is 0.885. The molecule has 1 aromatic heterocycles. The van der Waals surface area contributed by atoms with E-state index in [0.29, 0.717) is 0 Å². The van der Waals surface area contributed by atoms with Crippen LogP contribution in [0.5, 0.6) is 0 Å². The largest absolute Gasteiger partial charge is 0.347 e. The SMILES string of the molecule is CC(N)C(=O)NC(C)c1ccc(Cl)s1.Cl. The maximum absolute atomic E-state index is 11.3. The Hall–Kier alpha value is -0.290. The van der Waals surface area contributed by atoms with E-state index in [-0.39, 0.29) is 24.4 Å². The second-order valence-electron chi connectivity index (χ2n) is 3.16. The summed E-state index contributed by atoms with van der Waals surface area (Å²) >= 11 is 7.24. The van der Waals surface area contributed by atoms with Crippen LogP contribution in [-0.4, -0.2) is 11.9 Å². The van der Waals surface area contributed by atoms with Gasteiger partial charge in [0.2, 0.25) is 5.91 Å². The highest BCUT2D eigenvalue weighted by molar-refractivity contribution is 7.16. The molecule has 3 N–H and O–H groups in total. The van der Waals surface area contributed by atoms with Gasteiger partial charge in [0.25, 0.3) is 0 Å². The summed E-state index contributed by atoms with van der Waals surface area (Å²) in [6.45, 7) is 3.56. The molecule has 0 aliphatic carbocycles. The molecule has 0 aromatic carbocycles. The van der Waals surface area contributed by atoms with E-state index < -0.39 is 6.04 Å². The molecule has 6 heteroatoms. The van der Waals surface area contributed by atoms with Crippen molar-refractivity contribution in [3.63, 3.8) is 0 Å². The first kappa shape index (κ1) is 14.7. The van der Waals surface area contributed by atoms with E-state index in [4.69, 9.17) is 17.3 Å². The highest BCUT2D eigenvalue weighted by Crippen LogP contribution is 2.26. The molecular weight excluding hydrogens is 255 g/mol. The van der Waals surface area contributed by atoms with Crippen molar-refractivity contribution in [1.29, 1.82) is 0 Å². The van der Waals surface area contributed by atoms with E-state index >= 15 is 0 Å². The van der Waals surface area contributed by atoms with Crippen LogP contribution >= 0.6 is 35.3 Å². The molecule has 1 heterocycles. The average Bonchev–Trinajstić information content (AvgIpc) is 2.51. The third-order valence-corrected chi connectivity index (χ3v) is 3.21. The second-order valence-corrected chi connectivity index (χ2v) is 4.91. The number of halogens is 2. The summed E-state index contributed by atoms with van der Waals surface area (Å²) in [4.78, 5) is 12.3. The molecule has 0 saturated heterocycles. The fourth-order valence-electron chi connectivity index (χ4n) is 0.977. The monoisotopic (exact) mass is 268 g/mol. The van der Waals surface area contributed by atoms with Crippen LogP contribution in [0.4, 0.5) is 0 Å². The van der Waals surface area contributed by atoms with Crippen LogP contribution in [-0.2, 0) is 4.79 Å². The summed E-state index contributed by atoms with van der Waals surface area (Å²) in [6.07, 6.45) is 0. The van der Waals surface area contributed by atoms with Gasteiger partial charge in [-0.1, -0.05) is 11.6 Å². The molecule has 0 saturated carbocycles. The Morgan fingerprint density at radius 1 is 1.53 bits per heavy atom. The first-order valence-electron chi connectivity index (χ1n) is 4.32. The Morgan fingerprint density at radius 2 is 2.13 bits per heavy atom. The number of nitrogens with one attached hydrogen (secondary N) is 1. The molecule has 1 rings (SSSR count). The van der Waals surface area contributed by atoms with Gasteiger partial charge in [-0.2, -0.15) is 0 Å². The van der Waals surface area contributed by atoms with E-state index in [9.17, 15) is 4.79 Å². The first-order chi connectivity index (χ1) is 6.50. The van der Waals surface area contributed by atoms with Crippen LogP contribution in [0, 0.1) is 0 Å². The molecule has 86 valence electrons. The number of hydrogen-bond acceptors (Lipinski definition) is 3. The lowest BCUT2D eigenvalue weighted by Gasteiger charge is -2.13. The number of carbonyl (C=O) groups excluding carboxylic acids is 1. The third kappa shape index (κ3) is 4.38. The van der Waals surface area contributed by atoms with Crippen molar-refractivity contribution in [2.45, 2.75) is 25.9 Å². The highest BCUT2D eigenvalue weighted by Gasteiger charge is 2.13. The topological polar surface area (TPSA) is 55.1 Å². The number of nitrogens with two attached hydrogens (primary N) is 1. The van der Waals surface area contributed by atoms with Crippen molar-refractivity contribution < 1.29 is 4.79 Å². The summed E-state index contributed by atoms with van der Waals surface area (Å²) in [7, 11) is 0. The lowest BCUT2D eigenvalue weighted by atomic mass is 10.2. The van der Waals surface area contributed by atoms with Gasteiger partial charge in [0.1, 0.15) is 0 Å². The van der Waals surface area contributed by atoms with Gasteiger partial charge >= 0.3 is 0 Å². The Kier molecular flexibility index (Phi) is 6.20. The molecule has 0 bridgehead atoms. The van der Waals surface area contributed by atoms with Crippen LogP contribution in [0.2, 0.25) is 4.34 Å². The molecule has 1 amide bonds. The first-order valence-corrected chi connectivity index (χ1v) is 5.51. The van der Waals surface area contributed by atoms with Crippen molar-refractivity contribution in [3.8, 4) is 0 Å².